The minimum atomic E-state index is -3.59. The van der Waals surface area contributed by atoms with Crippen molar-refractivity contribution in [2.24, 2.45) is 0 Å². The van der Waals surface area contributed by atoms with Crippen molar-refractivity contribution in [1.29, 1.82) is 0 Å². The molecule has 0 saturated carbocycles. The molecule has 2 rings (SSSR count). The van der Waals surface area contributed by atoms with Crippen LogP contribution < -0.4 is 10.0 Å². The third-order valence-electron chi connectivity index (χ3n) is 3.88. The molecule has 2 N–H and O–H groups in total. The second-order valence-electron chi connectivity index (χ2n) is 6.59. The molecule has 0 atom stereocenters. The SMILES string of the molecule is CCOCCCNS(=O)(=O)c1ccc(NC(=O)c2ccccc2SC(C)C)cc1. The van der Waals surface area contributed by atoms with Gasteiger partial charge in [-0.3, -0.25) is 4.79 Å². The maximum Gasteiger partial charge on any atom is 0.256 e. The molecular weight excluding hydrogens is 408 g/mol. The smallest absolute Gasteiger partial charge is 0.256 e. The van der Waals surface area contributed by atoms with Gasteiger partial charge in [0.2, 0.25) is 10.0 Å². The van der Waals surface area contributed by atoms with E-state index >= 15 is 0 Å². The van der Waals surface area contributed by atoms with E-state index in [2.05, 4.69) is 23.9 Å². The number of hydrogen-bond acceptors (Lipinski definition) is 5. The van der Waals surface area contributed by atoms with Gasteiger partial charge in [0.25, 0.3) is 5.91 Å². The molecule has 0 radical (unpaired) electrons. The van der Waals surface area contributed by atoms with Gasteiger partial charge in [-0.2, -0.15) is 0 Å². The highest BCUT2D eigenvalue weighted by Gasteiger charge is 2.15. The monoisotopic (exact) mass is 436 g/mol. The van der Waals surface area contributed by atoms with Crippen LogP contribution in [0.4, 0.5) is 5.69 Å². The molecule has 0 aliphatic carbocycles. The van der Waals surface area contributed by atoms with Gasteiger partial charge < -0.3 is 10.1 Å². The number of benzene rings is 2. The first-order valence-electron chi connectivity index (χ1n) is 9.58. The third kappa shape index (κ3) is 7.47. The summed E-state index contributed by atoms with van der Waals surface area (Å²) in [7, 11) is -3.59. The minimum absolute atomic E-state index is 0.155. The zero-order valence-corrected chi connectivity index (χ0v) is 18.6. The predicted octanol–water partition coefficient (Wildman–Crippen LogP) is 4.14. The average molecular weight is 437 g/mol. The van der Waals surface area contributed by atoms with Gasteiger partial charge in [-0.05, 0) is 49.7 Å². The molecule has 0 saturated heterocycles. The first-order valence-corrected chi connectivity index (χ1v) is 11.9. The second kappa shape index (κ2) is 11.3. The van der Waals surface area contributed by atoms with E-state index in [0.717, 1.165) is 4.90 Å². The number of nitrogens with one attached hydrogen (secondary N) is 2. The van der Waals surface area contributed by atoms with Crippen molar-refractivity contribution < 1.29 is 17.9 Å². The highest BCUT2D eigenvalue weighted by molar-refractivity contribution is 8.00. The maximum absolute atomic E-state index is 12.7. The molecule has 29 heavy (non-hydrogen) atoms. The Hall–Kier alpha value is -1.87. The van der Waals surface area contributed by atoms with Crippen LogP contribution in [0.3, 0.4) is 0 Å². The van der Waals surface area contributed by atoms with E-state index in [-0.39, 0.29) is 10.8 Å². The van der Waals surface area contributed by atoms with E-state index in [1.54, 1.807) is 30.0 Å². The van der Waals surface area contributed by atoms with E-state index in [1.807, 2.05) is 25.1 Å². The van der Waals surface area contributed by atoms with Crippen LogP contribution in [0.25, 0.3) is 0 Å². The molecule has 2 aromatic rings. The van der Waals surface area contributed by atoms with Gasteiger partial charge >= 0.3 is 0 Å². The number of anilines is 1. The quantitative estimate of drug-likeness (QED) is 0.408. The van der Waals surface area contributed by atoms with Gasteiger partial charge in [-0.25, -0.2) is 13.1 Å². The van der Waals surface area contributed by atoms with Gasteiger partial charge in [0.1, 0.15) is 0 Å². The number of hydrogen-bond donors (Lipinski definition) is 2. The lowest BCUT2D eigenvalue weighted by atomic mass is 10.2. The molecular formula is C21H28N2O4S2. The van der Waals surface area contributed by atoms with Crippen molar-refractivity contribution >= 4 is 33.4 Å². The standard InChI is InChI=1S/C21H28N2O4S2/c1-4-27-15-7-14-22-29(25,26)18-12-10-17(11-13-18)23-21(24)19-8-5-6-9-20(19)28-16(2)3/h5-6,8-13,16,22H,4,7,14-15H2,1-3H3,(H,23,24). The minimum Gasteiger partial charge on any atom is -0.382 e. The van der Waals surface area contributed by atoms with Crippen molar-refractivity contribution in [3.05, 3.63) is 54.1 Å². The summed E-state index contributed by atoms with van der Waals surface area (Å²) in [6, 6.07) is 13.6. The summed E-state index contributed by atoms with van der Waals surface area (Å²) in [5.41, 5.74) is 1.13. The molecule has 0 fully saturated rings. The Kier molecular flexibility index (Phi) is 9.16. The van der Waals surface area contributed by atoms with Crippen LogP contribution in [0, 0.1) is 0 Å². The average Bonchev–Trinajstić information content (AvgIpc) is 2.68. The number of carbonyl (C=O) groups is 1. The van der Waals surface area contributed by atoms with Crippen LogP contribution in [-0.4, -0.2) is 39.3 Å². The Labute approximate surface area is 177 Å². The second-order valence-corrected chi connectivity index (χ2v) is 9.97. The number of amides is 1. The lowest BCUT2D eigenvalue weighted by Crippen LogP contribution is -2.25. The Balaban J connectivity index is 2.01. The summed E-state index contributed by atoms with van der Waals surface area (Å²) in [5, 5.41) is 3.19. The van der Waals surface area contributed by atoms with E-state index < -0.39 is 10.0 Å². The summed E-state index contributed by atoms with van der Waals surface area (Å²) in [4.78, 5) is 13.7. The fourth-order valence-corrected chi connectivity index (χ4v) is 4.56. The molecule has 158 valence electrons. The molecule has 0 heterocycles. The first kappa shape index (κ1) is 23.4. The molecule has 0 aliphatic heterocycles. The first-order chi connectivity index (χ1) is 13.8. The maximum atomic E-state index is 12.7. The van der Waals surface area contributed by atoms with Crippen molar-refractivity contribution in [2.45, 2.75) is 42.2 Å². The van der Waals surface area contributed by atoms with E-state index in [0.29, 0.717) is 42.7 Å². The molecule has 2 aromatic carbocycles. The summed E-state index contributed by atoms with van der Waals surface area (Å²) in [6.45, 7) is 7.48. The fourth-order valence-electron chi connectivity index (χ4n) is 2.54. The molecule has 0 aromatic heterocycles. The number of rotatable bonds is 11. The van der Waals surface area contributed by atoms with Crippen LogP contribution in [0.15, 0.2) is 58.3 Å². The van der Waals surface area contributed by atoms with Gasteiger partial charge in [0.15, 0.2) is 0 Å². The lowest BCUT2D eigenvalue weighted by molar-refractivity contribution is 0.102. The zero-order valence-electron chi connectivity index (χ0n) is 17.0. The number of thioether (sulfide) groups is 1. The molecule has 0 bridgehead atoms. The Morgan fingerprint density at radius 3 is 2.45 bits per heavy atom. The molecule has 0 aliphatic rings. The summed E-state index contributed by atoms with van der Waals surface area (Å²) >= 11 is 1.62. The van der Waals surface area contributed by atoms with Crippen molar-refractivity contribution in [3.63, 3.8) is 0 Å². The lowest BCUT2D eigenvalue weighted by Gasteiger charge is -2.12. The van der Waals surface area contributed by atoms with Gasteiger partial charge in [0.05, 0.1) is 10.5 Å². The van der Waals surface area contributed by atoms with Crippen LogP contribution >= 0.6 is 11.8 Å². The normalized spacial score (nSPS) is 11.6. The largest absolute Gasteiger partial charge is 0.382 e. The van der Waals surface area contributed by atoms with Gasteiger partial charge in [0, 0.05) is 35.6 Å². The van der Waals surface area contributed by atoms with E-state index in [9.17, 15) is 13.2 Å². The van der Waals surface area contributed by atoms with Crippen molar-refractivity contribution in [2.75, 3.05) is 25.1 Å². The number of carbonyl (C=O) groups excluding carboxylic acids is 1. The van der Waals surface area contributed by atoms with Crippen LogP contribution in [-0.2, 0) is 14.8 Å². The van der Waals surface area contributed by atoms with Gasteiger partial charge in [-0.15, -0.1) is 11.8 Å². The Morgan fingerprint density at radius 2 is 1.79 bits per heavy atom. The summed E-state index contributed by atoms with van der Waals surface area (Å²) in [5.74, 6) is -0.224. The summed E-state index contributed by atoms with van der Waals surface area (Å²) < 4.78 is 32.4. The van der Waals surface area contributed by atoms with Crippen LogP contribution in [0.5, 0.6) is 0 Å². The van der Waals surface area contributed by atoms with E-state index in [4.69, 9.17) is 4.74 Å². The van der Waals surface area contributed by atoms with Crippen molar-refractivity contribution in [1.82, 2.24) is 4.72 Å². The summed E-state index contributed by atoms with van der Waals surface area (Å²) in [6.07, 6.45) is 0.606. The molecule has 1 amide bonds. The third-order valence-corrected chi connectivity index (χ3v) is 6.44. The predicted molar refractivity (Wildman–Crippen MR) is 118 cm³/mol. The molecule has 0 spiro atoms. The van der Waals surface area contributed by atoms with Crippen LogP contribution in [0.1, 0.15) is 37.6 Å². The Bertz CT molecular complexity index is 897. The molecule has 6 nitrogen and oxygen atoms in total. The van der Waals surface area contributed by atoms with Crippen LogP contribution in [0.2, 0.25) is 0 Å². The van der Waals surface area contributed by atoms with Crippen molar-refractivity contribution in [3.8, 4) is 0 Å². The molecule has 8 heteroatoms. The van der Waals surface area contributed by atoms with E-state index in [1.165, 1.54) is 12.1 Å². The highest BCUT2D eigenvalue weighted by atomic mass is 32.2. The highest BCUT2D eigenvalue weighted by Crippen LogP contribution is 2.27. The number of sulfonamides is 1. The topological polar surface area (TPSA) is 84.5 Å². The molecule has 0 unspecified atom stereocenters. The van der Waals surface area contributed by atoms with Gasteiger partial charge in [-0.1, -0.05) is 26.0 Å². The fraction of sp³-hybridized carbons (Fsp3) is 0.381. The Morgan fingerprint density at radius 1 is 1.10 bits per heavy atom. The zero-order chi connectivity index (χ0) is 21.3. The number of ether oxygens (including phenoxy) is 1.